The first kappa shape index (κ1) is 15.2. The van der Waals surface area contributed by atoms with E-state index in [1.165, 1.54) is 35.3 Å². The van der Waals surface area contributed by atoms with E-state index >= 15 is 0 Å². The molecule has 8 heteroatoms. The molecule has 0 aliphatic rings. The van der Waals surface area contributed by atoms with Crippen LogP contribution in [0.15, 0.2) is 64.4 Å². The molecule has 0 atom stereocenters. The van der Waals surface area contributed by atoms with E-state index in [9.17, 15) is 9.59 Å². The number of anilines is 2. The van der Waals surface area contributed by atoms with Crippen molar-refractivity contribution in [3.63, 3.8) is 0 Å². The third kappa shape index (κ3) is 2.80. The third-order valence-corrected chi connectivity index (χ3v) is 3.36. The van der Waals surface area contributed by atoms with Crippen molar-refractivity contribution < 1.29 is 0 Å². The summed E-state index contributed by atoms with van der Waals surface area (Å²) in [5.41, 5.74) is 11.7. The molecule has 0 unspecified atom stereocenters. The van der Waals surface area contributed by atoms with Crippen molar-refractivity contribution in [1.82, 2.24) is 19.1 Å². The molecule has 1 aromatic carbocycles. The topological polar surface area (TPSA) is 122 Å². The highest BCUT2D eigenvalue weighted by Crippen LogP contribution is 2.19. The predicted octanol–water partition coefficient (Wildman–Crippen LogP) is 0.468. The van der Waals surface area contributed by atoms with Gasteiger partial charge in [-0.1, -0.05) is 30.3 Å². The lowest BCUT2D eigenvalue weighted by molar-refractivity contribution is 0.929. The van der Waals surface area contributed by atoms with Crippen molar-refractivity contribution >= 4 is 23.5 Å². The number of hydrogen-bond donors (Lipinski definition) is 2. The van der Waals surface area contributed by atoms with Crippen LogP contribution in [0.2, 0.25) is 0 Å². The summed E-state index contributed by atoms with van der Waals surface area (Å²) in [7, 11) is 0. The number of nitrogen functional groups attached to an aromatic ring is 2. The minimum absolute atomic E-state index is 0.180. The van der Waals surface area contributed by atoms with Crippen LogP contribution in [-0.2, 0) is 0 Å². The molecule has 120 valence electrons. The highest BCUT2D eigenvalue weighted by atomic mass is 16.1. The van der Waals surface area contributed by atoms with Crippen molar-refractivity contribution in [2.45, 2.75) is 0 Å². The Bertz CT molecular complexity index is 1020. The Kier molecular flexibility index (Phi) is 3.94. The summed E-state index contributed by atoms with van der Waals surface area (Å²) in [6.45, 7) is 0. The summed E-state index contributed by atoms with van der Waals surface area (Å²) in [4.78, 5) is 31.6. The fourth-order valence-corrected chi connectivity index (χ4v) is 2.21. The van der Waals surface area contributed by atoms with Crippen molar-refractivity contribution in [3.8, 4) is 0 Å². The number of nitrogens with two attached hydrogens (primary N) is 2. The van der Waals surface area contributed by atoms with Gasteiger partial charge in [0.2, 0.25) is 0 Å². The quantitative estimate of drug-likeness (QED) is 0.723. The first-order valence-corrected chi connectivity index (χ1v) is 7.02. The Morgan fingerprint density at radius 3 is 2.12 bits per heavy atom. The van der Waals surface area contributed by atoms with Crippen LogP contribution in [0.1, 0.15) is 5.56 Å². The summed E-state index contributed by atoms with van der Waals surface area (Å²) in [5, 5.41) is 0. The molecule has 2 heterocycles. The molecule has 4 N–H and O–H groups in total. The standard InChI is InChI=1S/C16H14N6O2/c17-13-6-8-19-15(23)21(13)10-12(11-4-2-1-3-5-11)22-14(18)7-9-20-16(22)24/h1-10H,17-18H2/b12-10+. The van der Waals surface area contributed by atoms with Crippen molar-refractivity contribution in [2.24, 2.45) is 0 Å². The molecule has 0 spiro atoms. The zero-order valence-corrected chi connectivity index (χ0v) is 12.5. The van der Waals surface area contributed by atoms with E-state index in [0.717, 1.165) is 4.57 Å². The third-order valence-electron chi connectivity index (χ3n) is 3.36. The molecular formula is C16H14N6O2. The maximum Gasteiger partial charge on any atom is 0.353 e. The lowest BCUT2D eigenvalue weighted by Crippen LogP contribution is -2.27. The van der Waals surface area contributed by atoms with Gasteiger partial charge in [0, 0.05) is 24.2 Å². The molecule has 0 bridgehead atoms. The molecule has 3 aromatic rings. The molecular weight excluding hydrogens is 308 g/mol. The van der Waals surface area contributed by atoms with Crippen LogP contribution >= 0.6 is 0 Å². The molecule has 0 saturated heterocycles. The summed E-state index contributed by atoms with van der Waals surface area (Å²) >= 11 is 0. The van der Waals surface area contributed by atoms with Gasteiger partial charge in [0.05, 0.1) is 5.70 Å². The van der Waals surface area contributed by atoms with Gasteiger partial charge in [-0.3, -0.25) is 4.57 Å². The summed E-state index contributed by atoms with van der Waals surface area (Å²) in [6.07, 6.45) is 4.05. The van der Waals surface area contributed by atoms with Crippen LogP contribution in [0.5, 0.6) is 0 Å². The Hall–Kier alpha value is -3.68. The number of hydrogen-bond acceptors (Lipinski definition) is 6. The minimum Gasteiger partial charge on any atom is -0.385 e. The molecule has 0 saturated carbocycles. The maximum atomic E-state index is 12.2. The lowest BCUT2D eigenvalue weighted by Gasteiger charge is -2.14. The fraction of sp³-hybridized carbons (Fsp3) is 0. The number of nitrogens with zero attached hydrogens (tertiary/aromatic N) is 4. The van der Waals surface area contributed by atoms with Crippen LogP contribution in [0, 0.1) is 0 Å². The molecule has 0 fully saturated rings. The molecule has 3 rings (SSSR count). The largest absolute Gasteiger partial charge is 0.385 e. The normalized spacial score (nSPS) is 11.4. The molecule has 24 heavy (non-hydrogen) atoms. The van der Waals surface area contributed by atoms with Crippen LogP contribution in [0.25, 0.3) is 11.9 Å². The first-order chi connectivity index (χ1) is 11.6. The highest BCUT2D eigenvalue weighted by molar-refractivity contribution is 5.78. The zero-order valence-electron chi connectivity index (χ0n) is 12.5. The average Bonchev–Trinajstić information content (AvgIpc) is 2.57. The lowest BCUT2D eigenvalue weighted by atomic mass is 10.1. The SMILES string of the molecule is Nc1ccnc(=O)n1/C=C(\c1ccccc1)n1c(N)ccnc1=O. The van der Waals surface area contributed by atoms with E-state index in [1.54, 1.807) is 24.3 Å². The first-order valence-electron chi connectivity index (χ1n) is 7.02. The van der Waals surface area contributed by atoms with Gasteiger partial charge in [0.1, 0.15) is 11.6 Å². The van der Waals surface area contributed by atoms with Crippen LogP contribution < -0.4 is 22.8 Å². The van der Waals surface area contributed by atoms with E-state index in [-0.39, 0.29) is 11.6 Å². The molecule has 0 amide bonds. The van der Waals surface area contributed by atoms with Crippen LogP contribution in [0.3, 0.4) is 0 Å². The Labute approximate surface area is 136 Å². The van der Waals surface area contributed by atoms with E-state index in [4.69, 9.17) is 11.5 Å². The van der Waals surface area contributed by atoms with Crippen LogP contribution in [0.4, 0.5) is 11.6 Å². The van der Waals surface area contributed by atoms with Gasteiger partial charge in [-0.25, -0.2) is 24.1 Å². The van der Waals surface area contributed by atoms with Crippen molar-refractivity contribution in [2.75, 3.05) is 11.5 Å². The fourth-order valence-electron chi connectivity index (χ4n) is 2.21. The average molecular weight is 322 g/mol. The van der Waals surface area contributed by atoms with E-state index in [1.807, 2.05) is 6.07 Å². The van der Waals surface area contributed by atoms with Gasteiger partial charge >= 0.3 is 11.4 Å². The van der Waals surface area contributed by atoms with E-state index in [0.29, 0.717) is 11.3 Å². The van der Waals surface area contributed by atoms with E-state index < -0.39 is 11.4 Å². The Morgan fingerprint density at radius 1 is 0.875 bits per heavy atom. The second-order valence-electron chi connectivity index (χ2n) is 4.89. The van der Waals surface area contributed by atoms with Gasteiger partial charge in [-0.15, -0.1) is 0 Å². The van der Waals surface area contributed by atoms with Gasteiger partial charge in [-0.2, -0.15) is 0 Å². The maximum absolute atomic E-state index is 12.2. The van der Waals surface area contributed by atoms with Gasteiger partial charge in [0.25, 0.3) is 0 Å². The molecule has 2 aromatic heterocycles. The second kappa shape index (κ2) is 6.21. The van der Waals surface area contributed by atoms with Crippen molar-refractivity contribution in [1.29, 1.82) is 0 Å². The summed E-state index contributed by atoms with van der Waals surface area (Å²) in [6, 6.07) is 12.0. The van der Waals surface area contributed by atoms with Crippen LogP contribution in [-0.4, -0.2) is 19.1 Å². The van der Waals surface area contributed by atoms with E-state index in [2.05, 4.69) is 9.97 Å². The Morgan fingerprint density at radius 2 is 1.50 bits per heavy atom. The molecule has 0 aliphatic carbocycles. The monoisotopic (exact) mass is 322 g/mol. The second-order valence-corrected chi connectivity index (χ2v) is 4.89. The zero-order chi connectivity index (χ0) is 17.1. The predicted molar refractivity (Wildman–Crippen MR) is 91.8 cm³/mol. The number of aromatic nitrogens is 4. The molecule has 0 radical (unpaired) electrons. The molecule has 0 aliphatic heterocycles. The number of benzene rings is 1. The van der Waals surface area contributed by atoms with Gasteiger partial charge in [0.15, 0.2) is 0 Å². The van der Waals surface area contributed by atoms with Gasteiger partial charge < -0.3 is 11.5 Å². The smallest absolute Gasteiger partial charge is 0.353 e. The molecule has 8 nitrogen and oxygen atoms in total. The highest BCUT2D eigenvalue weighted by Gasteiger charge is 2.11. The summed E-state index contributed by atoms with van der Waals surface area (Å²) < 4.78 is 2.34. The Balaban J connectivity index is 2.35. The number of rotatable bonds is 3. The summed E-state index contributed by atoms with van der Waals surface area (Å²) in [5.74, 6) is 0.361. The van der Waals surface area contributed by atoms with Crippen molar-refractivity contribution in [3.05, 3.63) is 81.4 Å². The minimum atomic E-state index is -0.570. The van der Waals surface area contributed by atoms with Gasteiger partial charge in [-0.05, 0) is 12.1 Å².